The smallest absolute Gasteiger partial charge is 0.407 e. The minimum Gasteiger partial charge on any atom is -0.450 e. The van der Waals surface area contributed by atoms with Crippen molar-refractivity contribution in [3.8, 4) is 0 Å². The Kier molecular flexibility index (Phi) is 8.58. The fourth-order valence-electron chi connectivity index (χ4n) is 6.25. The Morgan fingerprint density at radius 3 is 2.58 bits per heavy atom. The lowest BCUT2D eigenvalue weighted by molar-refractivity contribution is -0.566. The molecule has 1 saturated heterocycles. The van der Waals surface area contributed by atoms with Gasteiger partial charge in [0.05, 0.1) is 18.4 Å². The Morgan fingerprint density at radius 2 is 1.93 bits per heavy atom. The van der Waals surface area contributed by atoms with Gasteiger partial charge in [0, 0.05) is 18.0 Å². The molecule has 0 aromatic rings. The highest BCUT2D eigenvalue weighted by atomic mass is 32.2. The maximum Gasteiger partial charge on any atom is 0.407 e. The summed E-state index contributed by atoms with van der Waals surface area (Å²) in [5, 5.41) is 13.7. The van der Waals surface area contributed by atoms with Crippen LogP contribution in [0.5, 0.6) is 0 Å². The van der Waals surface area contributed by atoms with Gasteiger partial charge in [-0.1, -0.05) is 34.1 Å². The average Bonchev–Trinajstić information content (AvgIpc) is 3.81. The van der Waals surface area contributed by atoms with Gasteiger partial charge in [0.15, 0.2) is 0 Å². The Bertz CT molecular complexity index is 1320. The molecule has 6 atom stereocenters. The molecule has 5 aliphatic rings. The van der Waals surface area contributed by atoms with Crippen molar-refractivity contribution in [1.29, 1.82) is 0 Å². The molecule has 0 aromatic heterocycles. The highest BCUT2D eigenvalue weighted by molar-refractivity contribution is 7.91. The number of amides is 4. The first-order valence-electron chi connectivity index (χ1n) is 15.4. The molecular weight excluding hydrogens is 578 g/mol. The van der Waals surface area contributed by atoms with Crippen LogP contribution in [0.25, 0.3) is 0 Å². The first kappa shape index (κ1) is 31.3. The van der Waals surface area contributed by atoms with Crippen LogP contribution in [0.1, 0.15) is 85.5 Å². The number of nitrogens with zero attached hydrogens (tertiary/aromatic N) is 4. The molecular formula is C28H44N7O7S+. The van der Waals surface area contributed by atoms with Gasteiger partial charge in [0.1, 0.15) is 35.1 Å². The first-order chi connectivity index (χ1) is 20.2. The van der Waals surface area contributed by atoms with Crippen LogP contribution >= 0.6 is 0 Å². The van der Waals surface area contributed by atoms with E-state index in [1.54, 1.807) is 4.68 Å². The summed E-state index contributed by atoms with van der Waals surface area (Å²) in [6, 6.07) is -2.45. The van der Waals surface area contributed by atoms with Crippen molar-refractivity contribution in [3.63, 3.8) is 0 Å². The van der Waals surface area contributed by atoms with E-state index in [9.17, 15) is 27.6 Å². The largest absolute Gasteiger partial charge is 0.450 e. The summed E-state index contributed by atoms with van der Waals surface area (Å²) in [5.74, 6) is -1.97. The van der Waals surface area contributed by atoms with E-state index in [0.29, 0.717) is 32.1 Å². The van der Waals surface area contributed by atoms with Gasteiger partial charge in [0.2, 0.25) is 27.9 Å². The molecule has 3 heterocycles. The third-order valence-electron chi connectivity index (χ3n) is 9.17. The van der Waals surface area contributed by atoms with Gasteiger partial charge in [-0.3, -0.25) is 19.1 Å². The van der Waals surface area contributed by atoms with Crippen LogP contribution in [0, 0.1) is 11.3 Å². The summed E-state index contributed by atoms with van der Waals surface area (Å²) in [7, 11) is -3.81. The standard InChI is InChI=1S/C28H43N7O7S/c1-5-17-14-28(17,25(38)32-43(40,41)20-10-11-20)30-23(36)21-13-19-16-34(21)24(37)22(27(2,3)4)29-26(39)42-12-8-6-7-9-18-15-35(19)33-31-18/h15,17-22H,5-14,16H2,1-4H3,(H2-,29,30,32,36,38,39)/p+1/t17-,18?,19-,21+,22-,28-/m1/s1. The maximum atomic E-state index is 14.1. The molecule has 0 aromatic carbocycles. The number of rotatable bonds is 6. The summed E-state index contributed by atoms with van der Waals surface area (Å²) in [5.41, 5.74) is -2.08. The van der Waals surface area contributed by atoms with Crippen molar-refractivity contribution in [2.75, 3.05) is 13.2 Å². The predicted octanol–water partition coefficient (Wildman–Crippen LogP) is 1.40. The van der Waals surface area contributed by atoms with E-state index >= 15 is 0 Å². The zero-order valence-electron chi connectivity index (χ0n) is 25.4. The monoisotopic (exact) mass is 622 g/mol. The van der Waals surface area contributed by atoms with Crippen molar-refractivity contribution in [2.45, 2.75) is 120 Å². The fraction of sp³-hybridized carbons (Fsp3) is 0.821. The molecule has 4 bridgehead atoms. The first-order valence-corrected chi connectivity index (χ1v) is 17.0. The summed E-state index contributed by atoms with van der Waals surface area (Å²) < 4.78 is 34.4. The number of carbonyl (C=O) groups is 4. The summed E-state index contributed by atoms with van der Waals surface area (Å²) in [4.78, 5) is 55.6. The third-order valence-corrected chi connectivity index (χ3v) is 11.0. The number of hydrogen-bond acceptors (Lipinski definition) is 9. The summed E-state index contributed by atoms with van der Waals surface area (Å²) in [6.45, 7) is 7.70. The molecule has 0 spiro atoms. The van der Waals surface area contributed by atoms with Gasteiger partial charge in [-0.15, -0.1) is 4.68 Å². The van der Waals surface area contributed by atoms with Crippen molar-refractivity contribution < 1.29 is 37.0 Å². The molecule has 3 fully saturated rings. The van der Waals surface area contributed by atoms with Crippen molar-refractivity contribution in [1.82, 2.24) is 20.3 Å². The van der Waals surface area contributed by atoms with Crippen LogP contribution in [0.2, 0.25) is 0 Å². The van der Waals surface area contributed by atoms with Crippen molar-refractivity contribution >= 4 is 40.1 Å². The van der Waals surface area contributed by atoms with Crippen LogP contribution in [0.15, 0.2) is 10.3 Å². The number of fused-ring (bicyclic) bond motifs is 4. The molecule has 2 saturated carbocycles. The minimum atomic E-state index is -3.81. The zero-order chi connectivity index (χ0) is 31.2. The highest BCUT2D eigenvalue weighted by Gasteiger charge is 2.62. The predicted molar refractivity (Wildman–Crippen MR) is 154 cm³/mol. The zero-order valence-corrected chi connectivity index (χ0v) is 26.2. The normalized spacial score (nSPS) is 33.3. The average molecular weight is 623 g/mol. The second-order valence-electron chi connectivity index (χ2n) is 13.6. The van der Waals surface area contributed by atoms with Crippen LogP contribution in [0.3, 0.4) is 0 Å². The van der Waals surface area contributed by atoms with Gasteiger partial charge in [-0.05, 0) is 49.9 Å². The molecule has 3 aliphatic heterocycles. The number of alkyl carbamates (subject to hydrolysis) is 1. The van der Waals surface area contributed by atoms with E-state index in [1.165, 1.54) is 4.90 Å². The van der Waals surface area contributed by atoms with Crippen LogP contribution in [-0.2, 0) is 29.1 Å². The van der Waals surface area contributed by atoms with Gasteiger partial charge < -0.3 is 20.3 Å². The van der Waals surface area contributed by atoms with Crippen molar-refractivity contribution in [2.24, 2.45) is 21.7 Å². The van der Waals surface area contributed by atoms with Gasteiger partial charge >= 0.3 is 6.09 Å². The Balaban J connectivity index is 1.42. The number of nitrogens with one attached hydrogen (secondary N) is 3. The molecule has 14 nitrogen and oxygen atoms in total. The third kappa shape index (κ3) is 6.70. The number of ether oxygens (including phenoxy) is 1. The molecule has 0 radical (unpaired) electrons. The second-order valence-corrected chi connectivity index (χ2v) is 15.5. The van der Waals surface area contributed by atoms with E-state index in [2.05, 4.69) is 25.7 Å². The molecule has 4 amide bonds. The van der Waals surface area contributed by atoms with E-state index < -0.39 is 62.1 Å². The molecule has 1 unspecified atom stereocenters. The fourth-order valence-corrected chi connectivity index (χ4v) is 7.62. The lowest BCUT2D eigenvalue weighted by Crippen LogP contribution is -2.60. The number of sulfonamides is 1. The lowest BCUT2D eigenvalue weighted by atomic mass is 9.85. The topological polar surface area (TPSA) is 179 Å². The summed E-state index contributed by atoms with van der Waals surface area (Å²) >= 11 is 0. The summed E-state index contributed by atoms with van der Waals surface area (Å²) in [6.07, 6.45) is 6.50. The number of hydrogen-bond donors (Lipinski definition) is 3. The Morgan fingerprint density at radius 1 is 1.19 bits per heavy atom. The molecule has 5 rings (SSSR count). The molecule has 2 aliphatic carbocycles. The highest BCUT2D eigenvalue weighted by Crippen LogP contribution is 2.47. The number of cyclic esters (lactones) is 1. The van der Waals surface area contributed by atoms with E-state index in [-0.39, 0.29) is 37.6 Å². The molecule has 238 valence electrons. The van der Waals surface area contributed by atoms with Gasteiger partial charge in [0.25, 0.3) is 5.91 Å². The van der Waals surface area contributed by atoms with E-state index in [1.807, 2.05) is 33.9 Å². The molecule has 15 heteroatoms. The van der Waals surface area contributed by atoms with E-state index in [0.717, 1.165) is 19.3 Å². The van der Waals surface area contributed by atoms with Crippen LogP contribution < -0.4 is 15.4 Å². The molecule has 43 heavy (non-hydrogen) atoms. The van der Waals surface area contributed by atoms with E-state index in [4.69, 9.17) is 4.74 Å². The lowest BCUT2D eigenvalue weighted by Gasteiger charge is -2.35. The van der Waals surface area contributed by atoms with Gasteiger partial charge in [-0.25, -0.2) is 13.2 Å². The van der Waals surface area contributed by atoms with Gasteiger partial charge in [-0.2, -0.15) is 0 Å². The molecule has 3 N–H and O–H groups in total. The second kappa shape index (κ2) is 11.8. The van der Waals surface area contributed by atoms with Crippen molar-refractivity contribution in [3.05, 3.63) is 0 Å². The van der Waals surface area contributed by atoms with Crippen LogP contribution in [0.4, 0.5) is 4.79 Å². The minimum absolute atomic E-state index is 0.117. The number of carbonyl (C=O) groups excluding carboxylic acids is 4. The Hall–Kier alpha value is -3.10. The maximum absolute atomic E-state index is 14.1. The van der Waals surface area contributed by atoms with Crippen LogP contribution in [-0.4, -0.2) is 96.1 Å². The SMILES string of the molecule is CC[C@@H]1C[C@]1(NC(=O)[C@@H]1C[C@@H]2CN1C(=O)[C@H](C(C)(C)C)NC(=O)OCCCCCC1C=[N+]2N=N1)C(=O)NS(=O)(=O)C1CC1. The Labute approximate surface area is 252 Å². The quantitative estimate of drug-likeness (QED) is 0.375.